The Labute approximate surface area is 120 Å². The van der Waals surface area contributed by atoms with Crippen molar-refractivity contribution < 1.29 is 5.11 Å². The first-order valence-corrected chi connectivity index (χ1v) is 7.08. The number of phenols is 1. The molecular formula is C17H22N2O. The predicted octanol–water partition coefficient (Wildman–Crippen LogP) is 2.31. The molecule has 3 N–H and O–H groups in total. The van der Waals surface area contributed by atoms with E-state index in [2.05, 4.69) is 34.9 Å². The van der Waals surface area contributed by atoms with Crippen LogP contribution in [0.25, 0.3) is 0 Å². The molecule has 0 saturated heterocycles. The van der Waals surface area contributed by atoms with Gasteiger partial charge in [0.05, 0.1) is 0 Å². The molecule has 0 aromatic heterocycles. The smallest absolute Gasteiger partial charge is 0.115 e. The lowest BCUT2D eigenvalue weighted by Gasteiger charge is -2.07. The lowest BCUT2D eigenvalue weighted by Crippen LogP contribution is -2.28. The summed E-state index contributed by atoms with van der Waals surface area (Å²) in [5.74, 6) is 0.326. The highest BCUT2D eigenvalue weighted by Crippen LogP contribution is 2.09. The van der Waals surface area contributed by atoms with Crippen molar-refractivity contribution in [3.8, 4) is 5.75 Å². The first-order valence-electron chi connectivity index (χ1n) is 7.08. The number of nitrogens with one attached hydrogen (secondary N) is 2. The van der Waals surface area contributed by atoms with Crippen LogP contribution in [-0.4, -0.2) is 24.7 Å². The van der Waals surface area contributed by atoms with Crippen molar-refractivity contribution in [2.45, 2.75) is 13.0 Å². The second-order valence-corrected chi connectivity index (χ2v) is 4.83. The Morgan fingerprint density at radius 1 is 0.700 bits per heavy atom. The van der Waals surface area contributed by atoms with E-state index in [4.69, 9.17) is 0 Å². The fraction of sp³-hybridized carbons (Fsp3) is 0.294. The molecule has 0 atom stereocenters. The van der Waals surface area contributed by atoms with Crippen LogP contribution in [0, 0.1) is 0 Å². The van der Waals surface area contributed by atoms with Gasteiger partial charge >= 0.3 is 0 Å². The fourth-order valence-electron chi connectivity index (χ4n) is 2.03. The normalized spacial score (nSPS) is 10.6. The maximum Gasteiger partial charge on any atom is 0.115 e. The van der Waals surface area contributed by atoms with Crippen molar-refractivity contribution in [3.63, 3.8) is 0 Å². The molecule has 0 amide bonds. The molecule has 0 aliphatic carbocycles. The van der Waals surface area contributed by atoms with Crippen LogP contribution in [0.5, 0.6) is 5.75 Å². The van der Waals surface area contributed by atoms with Crippen LogP contribution in [0.1, 0.15) is 11.1 Å². The van der Waals surface area contributed by atoms with E-state index in [0.717, 1.165) is 32.6 Å². The van der Waals surface area contributed by atoms with Crippen molar-refractivity contribution in [3.05, 3.63) is 65.7 Å². The SMILES string of the molecule is Oc1ccc(CCNCCNCc2ccccc2)cc1. The molecule has 3 nitrogen and oxygen atoms in total. The summed E-state index contributed by atoms with van der Waals surface area (Å²) in [6, 6.07) is 17.8. The average Bonchev–Trinajstić information content (AvgIpc) is 2.49. The standard InChI is InChI=1S/C17H22N2O/c20-17-8-6-15(7-9-17)10-11-18-12-13-19-14-16-4-2-1-3-5-16/h1-9,18-20H,10-14H2. The van der Waals surface area contributed by atoms with E-state index in [-0.39, 0.29) is 0 Å². The first-order chi connectivity index (χ1) is 9.84. The van der Waals surface area contributed by atoms with Crippen LogP contribution < -0.4 is 10.6 Å². The highest BCUT2D eigenvalue weighted by Gasteiger charge is 1.94. The van der Waals surface area contributed by atoms with Gasteiger partial charge in [0.1, 0.15) is 5.75 Å². The minimum Gasteiger partial charge on any atom is -0.508 e. The van der Waals surface area contributed by atoms with Gasteiger partial charge in [0.2, 0.25) is 0 Å². The summed E-state index contributed by atoms with van der Waals surface area (Å²) < 4.78 is 0. The van der Waals surface area contributed by atoms with Gasteiger partial charge in [0.25, 0.3) is 0 Å². The van der Waals surface area contributed by atoms with Gasteiger partial charge in [-0.3, -0.25) is 0 Å². The molecule has 2 aromatic carbocycles. The summed E-state index contributed by atoms with van der Waals surface area (Å²) in [5.41, 5.74) is 2.56. The Morgan fingerprint density at radius 3 is 2.15 bits per heavy atom. The second-order valence-electron chi connectivity index (χ2n) is 4.83. The number of phenolic OH excluding ortho intramolecular Hbond substituents is 1. The molecule has 2 aromatic rings. The van der Waals surface area contributed by atoms with E-state index in [1.165, 1.54) is 11.1 Å². The van der Waals surface area contributed by atoms with E-state index in [9.17, 15) is 5.11 Å². The van der Waals surface area contributed by atoms with Gasteiger partial charge < -0.3 is 15.7 Å². The van der Waals surface area contributed by atoms with Crippen LogP contribution in [0.15, 0.2) is 54.6 Å². The molecule has 2 rings (SSSR count). The quantitative estimate of drug-likeness (QED) is 0.645. The highest BCUT2D eigenvalue weighted by atomic mass is 16.3. The molecule has 0 bridgehead atoms. The molecule has 106 valence electrons. The summed E-state index contributed by atoms with van der Waals surface area (Å²) in [6.07, 6.45) is 0.985. The molecule has 0 fully saturated rings. The van der Waals surface area contributed by atoms with Crippen LogP contribution in [0.2, 0.25) is 0 Å². The average molecular weight is 270 g/mol. The van der Waals surface area contributed by atoms with E-state index in [0.29, 0.717) is 5.75 Å². The van der Waals surface area contributed by atoms with Crippen LogP contribution in [0.4, 0.5) is 0 Å². The highest BCUT2D eigenvalue weighted by molar-refractivity contribution is 5.25. The molecular weight excluding hydrogens is 248 g/mol. The van der Waals surface area contributed by atoms with E-state index in [1.807, 2.05) is 18.2 Å². The van der Waals surface area contributed by atoms with Gasteiger partial charge in [-0.1, -0.05) is 42.5 Å². The Morgan fingerprint density at radius 2 is 1.40 bits per heavy atom. The number of hydrogen-bond donors (Lipinski definition) is 3. The second kappa shape index (κ2) is 8.35. The molecule has 20 heavy (non-hydrogen) atoms. The third-order valence-electron chi connectivity index (χ3n) is 3.18. The van der Waals surface area contributed by atoms with Crippen molar-refractivity contribution >= 4 is 0 Å². The molecule has 0 aliphatic rings. The zero-order valence-electron chi connectivity index (χ0n) is 11.7. The Kier molecular flexibility index (Phi) is 6.08. The minimum absolute atomic E-state index is 0.326. The van der Waals surface area contributed by atoms with Gasteiger partial charge in [-0.15, -0.1) is 0 Å². The van der Waals surface area contributed by atoms with E-state index >= 15 is 0 Å². The monoisotopic (exact) mass is 270 g/mol. The molecule has 0 radical (unpaired) electrons. The molecule has 0 unspecified atom stereocenters. The first kappa shape index (κ1) is 14.6. The van der Waals surface area contributed by atoms with Gasteiger partial charge in [0, 0.05) is 19.6 Å². The van der Waals surface area contributed by atoms with Gasteiger partial charge in [-0.2, -0.15) is 0 Å². The molecule has 0 saturated carbocycles. The van der Waals surface area contributed by atoms with Crippen molar-refractivity contribution in [2.75, 3.05) is 19.6 Å². The van der Waals surface area contributed by atoms with Crippen molar-refractivity contribution in [2.24, 2.45) is 0 Å². The summed E-state index contributed by atoms with van der Waals surface area (Å²) >= 11 is 0. The number of aromatic hydroxyl groups is 1. The van der Waals surface area contributed by atoms with Gasteiger partial charge in [-0.25, -0.2) is 0 Å². The van der Waals surface area contributed by atoms with E-state index in [1.54, 1.807) is 12.1 Å². The fourth-order valence-corrected chi connectivity index (χ4v) is 2.03. The Balaban J connectivity index is 1.51. The lowest BCUT2D eigenvalue weighted by molar-refractivity contribution is 0.475. The zero-order valence-corrected chi connectivity index (χ0v) is 11.7. The summed E-state index contributed by atoms with van der Waals surface area (Å²) in [6.45, 7) is 3.80. The molecule has 3 heteroatoms. The third-order valence-corrected chi connectivity index (χ3v) is 3.18. The minimum atomic E-state index is 0.326. The topological polar surface area (TPSA) is 44.3 Å². The lowest BCUT2D eigenvalue weighted by atomic mass is 10.1. The van der Waals surface area contributed by atoms with Gasteiger partial charge in [-0.05, 0) is 36.2 Å². The summed E-state index contributed by atoms with van der Waals surface area (Å²) in [7, 11) is 0. The van der Waals surface area contributed by atoms with Crippen LogP contribution in [0.3, 0.4) is 0 Å². The summed E-state index contributed by atoms with van der Waals surface area (Å²) in [4.78, 5) is 0. The molecule has 0 aliphatic heterocycles. The molecule has 0 spiro atoms. The number of rotatable bonds is 8. The van der Waals surface area contributed by atoms with Crippen molar-refractivity contribution in [1.82, 2.24) is 10.6 Å². The van der Waals surface area contributed by atoms with Crippen molar-refractivity contribution in [1.29, 1.82) is 0 Å². The van der Waals surface area contributed by atoms with Crippen LogP contribution in [-0.2, 0) is 13.0 Å². The predicted molar refractivity (Wildman–Crippen MR) is 82.8 cm³/mol. The molecule has 0 heterocycles. The number of benzene rings is 2. The van der Waals surface area contributed by atoms with E-state index < -0.39 is 0 Å². The largest absolute Gasteiger partial charge is 0.508 e. The third kappa shape index (κ3) is 5.43. The van der Waals surface area contributed by atoms with Crippen LogP contribution >= 0.6 is 0 Å². The van der Waals surface area contributed by atoms with Gasteiger partial charge in [0.15, 0.2) is 0 Å². The zero-order chi connectivity index (χ0) is 14.0. The maximum absolute atomic E-state index is 9.20. The summed E-state index contributed by atoms with van der Waals surface area (Å²) in [5, 5.41) is 16.0. The Hall–Kier alpha value is -1.84. The number of hydrogen-bond acceptors (Lipinski definition) is 3. The Bertz CT molecular complexity index is 482. The maximum atomic E-state index is 9.20.